The number of fused-ring (bicyclic) bond motifs is 2. The Hall–Kier alpha value is -2.94. The topological polar surface area (TPSA) is 80.1 Å². The van der Waals surface area contributed by atoms with Gasteiger partial charge in [-0.1, -0.05) is 24.3 Å². The molecule has 2 saturated heterocycles. The molecule has 1 aromatic heterocycles. The fourth-order valence-electron chi connectivity index (χ4n) is 8.28. The van der Waals surface area contributed by atoms with Gasteiger partial charge >= 0.3 is 6.09 Å². The summed E-state index contributed by atoms with van der Waals surface area (Å²) in [5.74, 6) is 1.67. The summed E-state index contributed by atoms with van der Waals surface area (Å²) in [7, 11) is 1.73. The van der Waals surface area contributed by atoms with Crippen molar-refractivity contribution in [2.24, 2.45) is 5.92 Å². The van der Waals surface area contributed by atoms with Gasteiger partial charge in [-0.05, 0) is 108 Å². The standard InChI is InChI=1S/C35H46N4O4/c1-33(2,3)43-32(40)39-30-8-6-5-7-27(30)29(36-39)13-17-37-18-14-34-15-20-38(23-24-9-10-24)31(35(34,41)16-19-37)21-25-11-12-26(42-4)22-28(25)34/h5-8,11-12,22,24,31,41H,9-10,13-21,23H2,1-4H3. The summed E-state index contributed by atoms with van der Waals surface area (Å²) in [6, 6.07) is 14.6. The van der Waals surface area contributed by atoms with Crippen molar-refractivity contribution in [2.75, 3.05) is 39.8 Å². The molecule has 0 radical (unpaired) electrons. The van der Waals surface area contributed by atoms with Crippen LogP contribution in [-0.4, -0.2) is 87.9 Å². The highest BCUT2D eigenvalue weighted by Gasteiger charge is 2.63. The van der Waals surface area contributed by atoms with Gasteiger partial charge in [0.25, 0.3) is 0 Å². The number of nitrogens with zero attached hydrogens (tertiary/aromatic N) is 4. The molecule has 2 bridgehead atoms. The molecule has 8 nitrogen and oxygen atoms in total. The smallest absolute Gasteiger partial charge is 0.435 e. The van der Waals surface area contributed by atoms with Gasteiger partial charge in [-0.2, -0.15) is 9.78 Å². The monoisotopic (exact) mass is 586 g/mol. The predicted octanol–water partition coefficient (Wildman–Crippen LogP) is 5.18. The number of methoxy groups -OCH3 is 1. The fraction of sp³-hybridized carbons (Fsp3) is 0.600. The third kappa shape index (κ3) is 5.05. The molecular weight excluding hydrogens is 540 g/mol. The Bertz CT molecular complexity index is 1520. The minimum Gasteiger partial charge on any atom is -0.497 e. The van der Waals surface area contributed by atoms with Crippen molar-refractivity contribution < 1.29 is 19.4 Å². The van der Waals surface area contributed by atoms with Crippen LogP contribution in [0.1, 0.15) is 69.7 Å². The number of aliphatic hydroxyl groups is 1. The Morgan fingerprint density at radius 2 is 1.84 bits per heavy atom. The highest BCUT2D eigenvalue weighted by molar-refractivity contribution is 5.89. The van der Waals surface area contributed by atoms with Crippen LogP contribution < -0.4 is 4.74 Å². The lowest BCUT2D eigenvalue weighted by atomic mass is 9.52. The molecule has 0 spiro atoms. The normalized spacial score (nSPS) is 27.8. The molecule has 2 aromatic carbocycles. The molecule has 43 heavy (non-hydrogen) atoms. The molecule has 7 rings (SSSR count). The lowest BCUT2D eigenvalue weighted by Crippen LogP contribution is -2.71. The number of carbonyl (C=O) groups excluding carboxylic acids is 1. The summed E-state index contributed by atoms with van der Waals surface area (Å²) in [4.78, 5) is 18.1. The first-order chi connectivity index (χ1) is 20.6. The molecule has 2 aliphatic heterocycles. The second kappa shape index (κ2) is 10.6. The number of rotatable bonds is 6. The first kappa shape index (κ1) is 28.8. The molecule has 8 heteroatoms. The van der Waals surface area contributed by atoms with Crippen molar-refractivity contribution in [1.82, 2.24) is 19.6 Å². The van der Waals surface area contributed by atoms with E-state index in [1.54, 1.807) is 7.11 Å². The minimum atomic E-state index is -0.779. The van der Waals surface area contributed by atoms with Gasteiger partial charge in [-0.25, -0.2) is 4.79 Å². The zero-order valence-corrected chi connectivity index (χ0v) is 26.1. The minimum absolute atomic E-state index is 0.149. The molecule has 0 amide bonds. The average molecular weight is 587 g/mol. The molecule has 2 aliphatic carbocycles. The number of aromatic nitrogens is 2. The van der Waals surface area contributed by atoms with Crippen LogP contribution >= 0.6 is 0 Å². The van der Waals surface area contributed by atoms with Crippen molar-refractivity contribution >= 4 is 17.0 Å². The van der Waals surface area contributed by atoms with Crippen molar-refractivity contribution in [3.05, 3.63) is 59.3 Å². The largest absolute Gasteiger partial charge is 0.497 e. The number of benzene rings is 2. The van der Waals surface area contributed by atoms with Crippen LogP contribution in [0.25, 0.3) is 10.9 Å². The van der Waals surface area contributed by atoms with Gasteiger partial charge in [0.15, 0.2) is 0 Å². The Balaban J connectivity index is 1.15. The molecule has 1 N–H and O–H groups in total. The van der Waals surface area contributed by atoms with E-state index in [9.17, 15) is 9.90 Å². The second-order valence-electron chi connectivity index (χ2n) is 14.4. The Morgan fingerprint density at radius 1 is 1.07 bits per heavy atom. The van der Waals surface area contributed by atoms with E-state index in [1.165, 1.54) is 28.7 Å². The van der Waals surface area contributed by atoms with E-state index in [0.29, 0.717) is 0 Å². The zero-order valence-electron chi connectivity index (χ0n) is 26.1. The van der Waals surface area contributed by atoms with E-state index in [4.69, 9.17) is 14.6 Å². The molecule has 3 unspecified atom stereocenters. The van der Waals surface area contributed by atoms with Crippen molar-refractivity contribution in [2.45, 2.75) is 88.4 Å². The molecule has 3 atom stereocenters. The number of piperidine rings is 1. The van der Waals surface area contributed by atoms with Crippen LogP contribution in [0.15, 0.2) is 42.5 Å². The highest BCUT2D eigenvalue weighted by atomic mass is 16.6. The van der Waals surface area contributed by atoms with E-state index < -0.39 is 17.3 Å². The highest BCUT2D eigenvalue weighted by Crippen LogP contribution is 2.56. The SMILES string of the molecule is COc1ccc2c(c1)C13CCN(CCc4nn(C(=O)OC(C)(C)C)c5ccccc45)CCC1(O)C(C2)N(CC1CC1)CC3. The fourth-order valence-corrected chi connectivity index (χ4v) is 8.28. The van der Waals surface area contributed by atoms with E-state index in [-0.39, 0.29) is 11.5 Å². The maximum Gasteiger partial charge on any atom is 0.435 e. The van der Waals surface area contributed by atoms with Gasteiger partial charge in [-0.15, -0.1) is 0 Å². The first-order valence-electron chi connectivity index (χ1n) is 16.2. The Morgan fingerprint density at radius 3 is 2.60 bits per heavy atom. The van der Waals surface area contributed by atoms with E-state index >= 15 is 0 Å². The van der Waals surface area contributed by atoms with Gasteiger partial charge in [0.1, 0.15) is 11.4 Å². The molecule has 3 heterocycles. The summed E-state index contributed by atoms with van der Waals surface area (Å²) in [6.45, 7) is 10.4. The van der Waals surface area contributed by atoms with E-state index in [1.807, 2.05) is 45.0 Å². The summed E-state index contributed by atoms with van der Waals surface area (Å²) in [5.41, 5.74) is 2.71. The number of ether oxygens (including phenoxy) is 2. The average Bonchev–Trinajstić information content (AvgIpc) is 3.74. The number of carbonyl (C=O) groups is 1. The summed E-state index contributed by atoms with van der Waals surface area (Å²) < 4.78 is 12.8. The number of hydrogen-bond donors (Lipinski definition) is 1. The summed E-state index contributed by atoms with van der Waals surface area (Å²) >= 11 is 0. The lowest BCUT2D eigenvalue weighted by Gasteiger charge is -2.61. The zero-order chi connectivity index (χ0) is 30.0. The molecule has 1 saturated carbocycles. The number of para-hydroxylation sites is 1. The summed E-state index contributed by atoms with van der Waals surface area (Å²) in [5, 5.41) is 18.6. The van der Waals surface area contributed by atoms with E-state index in [2.05, 4.69) is 28.0 Å². The van der Waals surface area contributed by atoms with Gasteiger partial charge in [0.05, 0.1) is 23.9 Å². The molecule has 230 valence electrons. The van der Waals surface area contributed by atoms with Gasteiger partial charge in [-0.3, -0.25) is 4.90 Å². The number of likely N-dealkylation sites (tertiary alicyclic amines) is 2. The number of hydrogen-bond acceptors (Lipinski definition) is 7. The van der Waals surface area contributed by atoms with Crippen LogP contribution in [0.5, 0.6) is 5.75 Å². The third-order valence-electron chi connectivity index (χ3n) is 10.6. The molecule has 3 aromatic rings. The maximum absolute atomic E-state index is 13.0. The Kier molecular flexibility index (Phi) is 7.10. The van der Waals surface area contributed by atoms with Crippen molar-refractivity contribution in [1.29, 1.82) is 0 Å². The van der Waals surface area contributed by atoms with Crippen molar-refractivity contribution in [3.8, 4) is 5.75 Å². The summed E-state index contributed by atoms with van der Waals surface area (Å²) in [6.07, 6.45) is 6.48. The lowest BCUT2D eigenvalue weighted by molar-refractivity contribution is -0.149. The quantitative estimate of drug-likeness (QED) is 0.427. The second-order valence-corrected chi connectivity index (χ2v) is 14.4. The third-order valence-corrected chi connectivity index (χ3v) is 10.6. The molecule has 4 aliphatic rings. The van der Waals surface area contributed by atoms with Crippen molar-refractivity contribution in [3.63, 3.8) is 0 Å². The molecular formula is C35H46N4O4. The first-order valence-corrected chi connectivity index (χ1v) is 16.2. The van der Waals surface area contributed by atoms with Gasteiger partial charge < -0.3 is 19.5 Å². The predicted molar refractivity (Wildman–Crippen MR) is 167 cm³/mol. The Labute approximate surface area is 254 Å². The van der Waals surface area contributed by atoms with Crippen LogP contribution in [-0.2, 0) is 23.0 Å². The van der Waals surface area contributed by atoms with Gasteiger partial charge in [0, 0.05) is 42.9 Å². The van der Waals surface area contributed by atoms with Crippen LogP contribution in [0.3, 0.4) is 0 Å². The van der Waals surface area contributed by atoms with Crippen LogP contribution in [0, 0.1) is 5.92 Å². The van der Waals surface area contributed by atoms with E-state index in [0.717, 1.165) is 93.1 Å². The van der Waals surface area contributed by atoms with Gasteiger partial charge in [0.2, 0.25) is 0 Å². The maximum atomic E-state index is 13.0. The van der Waals surface area contributed by atoms with Crippen LogP contribution in [0.2, 0.25) is 0 Å². The molecule has 3 fully saturated rings. The van der Waals surface area contributed by atoms with Crippen LogP contribution in [0.4, 0.5) is 4.79 Å².